The maximum atomic E-state index is 10.7. The van der Waals surface area contributed by atoms with Crippen molar-refractivity contribution in [1.82, 2.24) is 5.32 Å². The van der Waals surface area contributed by atoms with Crippen molar-refractivity contribution in [2.75, 3.05) is 6.61 Å². The summed E-state index contributed by atoms with van der Waals surface area (Å²) < 4.78 is 0. The van der Waals surface area contributed by atoms with Gasteiger partial charge in [-0.1, -0.05) is 6.92 Å². The molecule has 1 atom stereocenters. The number of hydrogen-bond acceptors (Lipinski definition) is 3. The van der Waals surface area contributed by atoms with Gasteiger partial charge < -0.3 is 5.32 Å². The number of amides is 1. The predicted molar refractivity (Wildman–Crippen MR) is 38.0 cm³/mol. The SMILES string of the molecule is CCC(C)NC(=O)CON. The Balaban J connectivity index is 3.37. The van der Waals surface area contributed by atoms with E-state index in [2.05, 4.69) is 16.1 Å². The normalized spacial score (nSPS) is 12.7. The van der Waals surface area contributed by atoms with Gasteiger partial charge in [0.05, 0.1) is 0 Å². The van der Waals surface area contributed by atoms with Crippen LogP contribution in [0.3, 0.4) is 0 Å². The fourth-order valence-electron chi connectivity index (χ4n) is 0.494. The third-order valence-corrected chi connectivity index (χ3v) is 1.23. The van der Waals surface area contributed by atoms with Crippen molar-refractivity contribution < 1.29 is 9.63 Å². The molecule has 0 aromatic rings. The standard InChI is InChI=1S/C6H14N2O2/c1-3-5(2)8-6(9)4-10-7/h5H,3-4,7H2,1-2H3,(H,8,9). The van der Waals surface area contributed by atoms with Gasteiger partial charge in [-0.2, -0.15) is 0 Å². The summed E-state index contributed by atoms with van der Waals surface area (Å²) in [5.74, 6) is 4.52. The van der Waals surface area contributed by atoms with Gasteiger partial charge >= 0.3 is 0 Å². The van der Waals surface area contributed by atoms with Gasteiger partial charge in [0.2, 0.25) is 5.91 Å². The van der Waals surface area contributed by atoms with Crippen molar-refractivity contribution >= 4 is 5.91 Å². The zero-order valence-electron chi connectivity index (χ0n) is 6.39. The highest BCUT2D eigenvalue weighted by Gasteiger charge is 2.03. The Bertz CT molecular complexity index is 106. The number of nitrogens with one attached hydrogen (secondary N) is 1. The lowest BCUT2D eigenvalue weighted by Gasteiger charge is -2.09. The van der Waals surface area contributed by atoms with Crippen LogP contribution < -0.4 is 11.2 Å². The molecule has 0 heterocycles. The Kier molecular flexibility index (Phi) is 4.88. The molecule has 0 saturated heterocycles. The van der Waals surface area contributed by atoms with Gasteiger partial charge in [0, 0.05) is 6.04 Å². The maximum absolute atomic E-state index is 10.7. The molecule has 4 heteroatoms. The Morgan fingerprint density at radius 3 is 2.80 bits per heavy atom. The van der Waals surface area contributed by atoms with Gasteiger partial charge in [0.15, 0.2) is 0 Å². The van der Waals surface area contributed by atoms with E-state index < -0.39 is 0 Å². The van der Waals surface area contributed by atoms with E-state index in [1.54, 1.807) is 0 Å². The van der Waals surface area contributed by atoms with Crippen LogP contribution in [0.4, 0.5) is 0 Å². The van der Waals surface area contributed by atoms with Crippen molar-refractivity contribution in [2.24, 2.45) is 5.90 Å². The fraction of sp³-hybridized carbons (Fsp3) is 0.833. The highest BCUT2D eigenvalue weighted by atomic mass is 16.6. The molecule has 0 aromatic carbocycles. The summed E-state index contributed by atoms with van der Waals surface area (Å²) in [5.41, 5.74) is 0. The zero-order chi connectivity index (χ0) is 7.98. The Morgan fingerprint density at radius 2 is 2.40 bits per heavy atom. The first-order chi connectivity index (χ1) is 4.70. The minimum absolute atomic E-state index is 0.0651. The summed E-state index contributed by atoms with van der Waals surface area (Å²) in [5, 5.41) is 2.69. The van der Waals surface area contributed by atoms with E-state index in [9.17, 15) is 4.79 Å². The molecule has 0 saturated carbocycles. The third kappa shape index (κ3) is 4.29. The van der Waals surface area contributed by atoms with Crippen LogP contribution >= 0.6 is 0 Å². The summed E-state index contributed by atoms with van der Waals surface area (Å²) in [6, 6.07) is 0.197. The van der Waals surface area contributed by atoms with E-state index in [4.69, 9.17) is 0 Å². The third-order valence-electron chi connectivity index (χ3n) is 1.23. The molecule has 1 amide bonds. The molecule has 4 nitrogen and oxygen atoms in total. The average molecular weight is 146 g/mol. The summed E-state index contributed by atoms with van der Waals surface area (Å²) in [6.45, 7) is 3.85. The molecule has 60 valence electrons. The van der Waals surface area contributed by atoms with E-state index in [0.717, 1.165) is 6.42 Å². The van der Waals surface area contributed by atoms with E-state index in [0.29, 0.717) is 0 Å². The highest BCUT2D eigenvalue weighted by Crippen LogP contribution is 1.86. The quantitative estimate of drug-likeness (QED) is 0.539. The van der Waals surface area contributed by atoms with Crippen molar-refractivity contribution in [2.45, 2.75) is 26.3 Å². The van der Waals surface area contributed by atoms with Crippen LogP contribution in [0.5, 0.6) is 0 Å². The monoisotopic (exact) mass is 146 g/mol. The maximum Gasteiger partial charge on any atom is 0.248 e. The van der Waals surface area contributed by atoms with Crippen molar-refractivity contribution in [3.63, 3.8) is 0 Å². The second kappa shape index (κ2) is 5.20. The number of carbonyl (C=O) groups excluding carboxylic acids is 1. The molecule has 0 rings (SSSR count). The number of rotatable bonds is 4. The summed E-state index contributed by atoms with van der Waals surface area (Å²) in [4.78, 5) is 14.8. The summed E-state index contributed by atoms with van der Waals surface area (Å²) in [7, 11) is 0. The Labute approximate surface area is 60.7 Å². The number of nitrogens with two attached hydrogens (primary N) is 1. The van der Waals surface area contributed by atoms with E-state index >= 15 is 0 Å². The molecule has 0 fully saturated rings. The molecule has 0 radical (unpaired) electrons. The van der Waals surface area contributed by atoms with Crippen molar-refractivity contribution in [3.8, 4) is 0 Å². The Morgan fingerprint density at radius 1 is 1.80 bits per heavy atom. The first-order valence-corrected chi connectivity index (χ1v) is 3.31. The van der Waals surface area contributed by atoms with E-state index in [-0.39, 0.29) is 18.6 Å². The molecule has 10 heavy (non-hydrogen) atoms. The van der Waals surface area contributed by atoms with Crippen LogP contribution in [-0.4, -0.2) is 18.6 Å². The lowest BCUT2D eigenvalue weighted by atomic mass is 10.2. The van der Waals surface area contributed by atoms with E-state index in [1.165, 1.54) is 0 Å². The van der Waals surface area contributed by atoms with E-state index in [1.807, 2.05) is 13.8 Å². The van der Waals surface area contributed by atoms with Crippen LogP contribution in [0.15, 0.2) is 0 Å². The van der Waals surface area contributed by atoms with Crippen LogP contribution in [-0.2, 0) is 9.63 Å². The van der Waals surface area contributed by atoms with Crippen LogP contribution in [0, 0.1) is 0 Å². The number of carbonyl (C=O) groups is 1. The highest BCUT2D eigenvalue weighted by molar-refractivity contribution is 5.77. The van der Waals surface area contributed by atoms with Crippen LogP contribution in [0.2, 0.25) is 0 Å². The van der Waals surface area contributed by atoms with Gasteiger partial charge in [0.1, 0.15) is 6.61 Å². The lowest BCUT2D eigenvalue weighted by molar-refractivity contribution is -0.126. The molecule has 0 aliphatic rings. The smallest absolute Gasteiger partial charge is 0.248 e. The molecular formula is C6H14N2O2. The lowest BCUT2D eigenvalue weighted by Crippen LogP contribution is -2.35. The molecule has 0 aromatic heterocycles. The largest absolute Gasteiger partial charge is 0.352 e. The Hall–Kier alpha value is -0.610. The minimum Gasteiger partial charge on any atom is -0.352 e. The molecule has 3 N–H and O–H groups in total. The topological polar surface area (TPSA) is 64.3 Å². The van der Waals surface area contributed by atoms with Gasteiger partial charge in [-0.15, -0.1) is 0 Å². The molecule has 0 aliphatic heterocycles. The second-order valence-corrected chi connectivity index (χ2v) is 2.19. The molecular weight excluding hydrogens is 132 g/mol. The zero-order valence-corrected chi connectivity index (χ0v) is 6.39. The second-order valence-electron chi connectivity index (χ2n) is 2.19. The van der Waals surface area contributed by atoms with Gasteiger partial charge in [-0.25, -0.2) is 5.90 Å². The molecule has 0 aliphatic carbocycles. The first kappa shape index (κ1) is 9.39. The van der Waals surface area contributed by atoms with Gasteiger partial charge in [-0.3, -0.25) is 9.63 Å². The first-order valence-electron chi connectivity index (χ1n) is 3.31. The van der Waals surface area contributed by atoms with Crippen LogP contribution in [0.25, 0.3) is 0 Å². The van der Waals surface area contributed by atoms with Crippen molar-refractivity contribution in [1.29, 1.82) is 0 Å². The summed E-state index contributed by atoms with van der Waals surface area (Å²) >= 11 is 0. The molecule has 0 bridgehead atoms. The van der Waals surface area contributed by atoms with Crippen molar-refractivity contribution in [3.05, 3.63) is 0 Å². The fourth-order valence-corrected chi connectivity index (χ4v) is 0.494. The minimum atomic E-state index is -0.170. The number of hydrogen-bond donors (Lipinski definition) is 2. The van der Waals surface area contributed by atoms with Gasteiger partial charge in [-0.05, 0) is 13.3 Å². The predicted octanol–water partition coefficient (Wildman–Crippen LogP) is -0.209. The molecule has 1 unspecified atom stereocenters. The van der Waals surface area contributed by atoms with Gasteiger partial charge in [0.25, 0.3) is 0 Å². The van der Waals surface area contributed by atoms with Crippen LogP contribution in [0.1, 0.15) is 20.3 Å². The average Bonchev–Trinajstić information content (AvgIpc) is 1.88. The summed E-state index contributed by atoms with van der Waals surface area (Å²) in [6.07, 6.45) is 0.913. The molecule has 0 spiro atoms.